The Morgan fingerprint density at radius 1 is 1.13 bits per heavy atom. The van der Waals surface area contributed by atoms with E-state index in [9.17, 15) is 9.18 Å². The van der Waals surface area contributed by atoms with Crippen molar-refractivity contribution < 1.29 is 9.18 Å². The lowest BCUT2D eigenvalue weighted by Gasteiger charge is -2.25. The zero-order valence-corrected chi connectivity index (χ0v) is 18.0. The van der Waals surface area contributed by atoms with Crippen LogP contribution in [0.5, 0.6) is 0 Å². The lowest BCUT2D eigenvalue weighted by Crippen LogP contribution is -2.39. The van der Waals surface area contributed by atoms with Gasteiger partial charge in [0.15, 0.2) is 0 Å². The van der Waals surface area contributed by atoms with Crippen LogP contribution in [-0.2, 0) is 11.3 Å². The molecule has 0 saturated carbocycles. The summed E-state index contributed by atoms with van der Waals surface area (Å²) >= 11 is 3.41. The Balaban J connectivity index is 1.29. The summed E-state index contributed by atoms with van der Waals surface area (Å²) in [5, 5.41) is 7.37. The van der Waals surface area contributed by atoms with Gasteiger partial charge in [-0.1, -0.05) is 34.1 Å². The van der Waals surface area contributed by atoms with E-state index in [1.165, 1.54) is 17.7 Å². The van der Waals surface area contributed by atoms with Crippen LogP contribution >= 0.6 is 15.9 Å². The van der Waals surface area contributed by atoms with E-state index in [1.807, 2.05) is 36.7 Å². The number of hydrogen-bond acceptors (Lipinski definition) is 3. The fraction of sp³-hybridized carbons (Fsp3) is 0.217. The molecular weight excluding hydrogens is 447 g/mol. The van der Waals surface area contributed by atoms with E-state index in [0.29, 0.717) is 13.1 Å². The third-order valence-electron chi connectivity index (χ3n) is 5.11. The van der Waals surface area contributed by atoms with Crippen LogP contribution in [0.3, 0.4) is 0 Å². The topological polar surface area (TPSA) is 50.2 Å². The maximum absolute atomic E-state index is 13.1. The Bertz CT molecular complexity index is 1040. The molecule has 0 spiro atoms. The van der Waals surface area contributed by atoms with Crippen molar-refractivity contribution in [3.05, 3.63) is 88.4 Å². The van der Waals surface area contributed by atoms with Gasteiger partial charge in [0.05, 0.1) is 18.4 Å². The van der Waals surface area contributed by atoms with Crippen LogP contribution in [0.2, 0.25) is 0 Å². The molecule has 154 valence electrons. The molecule has 0 atom stereocenters. The van der Waals surface area contributed by atoms with Crippen molar-refractivity contribution in [1.82, 2.24) is 20.0 Å². The van der Waals surface area contributed by atoms with Crippen LogP contribution in [0.1, 0.15) is 17.5 Å². The third-order valence-corrected chi connectivity index (χ3v) is 5.64. The fourth-order valence-corrected chi connectivity index (χ4v) is 3.67. The number of hydrogen-bond donors (Lipinski definition) is 1. The summed E-state index contributed by atoms with van der Waals surface area (Å²) in [5.74, 6) is -0.235. The number of rotatable bonds is 6. The highest BCUT2D eigenvalue weighted by atomic mass is 79.9. The van der Waals surface area contributed by atoms with Crippen LogP contribution in [-0.4, -0.2) is 40.2 Å². The molecule has 0 aliphatic carbocycles. The van der Waals surface area contributed by atoms with E-state index in [2.05, 4.69) is 37.3 Å². The lowest BCUT2D eigenvalue weighted by molar-refractivity contribution is -0.122. The third kappa shape index (κ3) is 5.23. The summed E-state index contributed by atoms with van der Waals surface area (Å²) in [7, 11) is 0. The van der Waals surface area contributed by atoms with Gasteiger partial charge in [0.1, 0.15) is 5.82 Å². The monoisotopic (exact) mass is 468 g/mol. The molecule has 1 aliphatic heterocycles. The number of nitrogens with one attached hydrogen (secondary N) is 1. The molecule has 0 radical (unpaired) electrons. The van der Waals surface area contributed by atoms with Crippen molar-refractivity contribution in [2.75, 3.05) is 19.6 Å². The van der Waals surface area contributed by atoms with Crippen molar-refractivity contribution in [2.24, 2.45) is 0 Å². The summed E-state index contributed by atoms with van der Waals surface area (Å²) in [6.07, 6.45) is 6.79. The quantitative estimate of drug-likeness (QED) is 0.590. The van der Waals surface area contributed by atoms with E-state index in [0.717, 1.165) is 40.8 Å². The van der Waals surface area contributed by atoms with Crippen LogP contribution in [0.4, 0.5) is 4.39 Å². The predicted molar refractivity (Wildman–Crippen MR) is 119 cm³/mol. The largest absolute Gasteiger partial charge is 0.351 e. The van der Waals surface area contributed by atoms with Gasteiger partial charge in [-0.05, 0) is 54.0 Å². The molecule has 7 heteroatoms. The number of amides is 1. The highest BCUT2D eigenvalue weighted by Crippen LogP contribution is 2.23. The van der Waals surface area contributed by atoms with Gasteiger partial charge >= 0.3 is 0 Å². The lowest BCUT2D eigenvalue weighted by atomic mass is 10.0. The predicted octanol–water partition coefficient (Wildman–Crippen LogP) is 4.18. The Kier molecular flexibility index (Phi) is 6.40. The molecule has 1 aromatic heterocycles. The van der Waals surface area contributed by atoms with Gasteiger partial charge in [-0.3, -0.25) is 9.69 Å². The molecule has 1 aliphatic rings. The van der Waals surface area contributed by atoms with Crippen LogP contribution in [0, 0.1) is 5.82 Å². The summed E-state index contributed by atoms with van der Waals surface area (Å²) < 4.78 is 15.9. The first-order valence-electron chi connectivity index (χ1n) is 9.80. The minimum Gasteiger partial charge on any atom is -0.351 e. The van der Waals surface area contributed by atoms with Gasteiger partial charge in [0.2, 0.25) is 5.91 Å². The Morgan fingerprint density at radius 3 is 2.60 bits per heavy atom. The molecule has 1 amide bonds. The Hall–Kier alpha value is -2.77. The molecule has 4 rings (SSSR count). The van der Waals surface area contributed by atoms with Gasteiger partial charge < -0.3 is 5.32 Å². The molecule has 0 saturated heterocycles. The van der Waals surface area contributed by atoms with Crippen LogP contribution in [0.25, 0.3) is 11.3 Å². The van der Waals surface area contributed by atoms with Gasteiger partial charge in [-0.15, -0.1) is 0 Å². The van der Waals surface area contributed by atoms with Crippen molar-refractivity contribution in [2.45, 2.75) is 13.0 Å². The molecule has 1 N–H and O–H groups in total. The smallest absolute Gasteiger partial charge is 0.234 e. The van der Waals surface area contributed by atoms with Crippen LogP contribution < -0.4 is 5.32 Å². The average Bonchev–Trinajstić information content (AvgIpc) is 3.25. The molecule has 0 bridgehead atoms. The number of aromatic nitrogens is 2. The van der Waals surface area contributed by atoms with E-state index >= 15 is 0 Å². The van der Waals surface area contributed by atoms with Gasteiger partial charge in [-0.2, -0.15) is 5.10 Å². The van der Waals surface area contributed by atoms with E-state index in [-0.39, 0.29) is 11.7 Å². The highest BCUT2D eigenvalue weighted by Gasteiger charge is 2.16. The van der Waals surface area contributed by atoms with E-state index in [1.54, 1.807) is 16.8 Å². The molecule has 2 heterocycles. The minimum absolute atomic E-state index is 0.0268. The normalized spacial score (nSPS) is 14.4. The van der Waals surface area contributed by atoms with Gasteiger partial charge in [-0.25, -0.2) is 9.07 Å². The molecular formula is C23H22BrFN4O. The zero-order chi connectivity index (χ0) is 20.9. The highest BCUT2D eigenvalue weighted by molar-refractivity contribution is 9.10. The Morgan fingerprint density at radius 2 is 1.90 bits per heavy atom. The van der Waals surface area contributed by atoms with E-state index in [4.69, 9.17) is 0 Å². The number of carbonyl (C=O) groups excluding carboxylic acids is 1. The zero-order valence-electron chi connectivity index (χ0n) is 16.4. The van der Waals surface area contributed by atoms with Crippen molar-refractivity contribution >= 4 is 27.4 Å². The van der Waals surface area contributed by atoms with Crippen molar-refractivity contribution in [1.29, 1.82) is 0 Å². The summed E-state index contributed by atoms with van der Waals surface area (Å²) in [6.45, 7) is 2.46. The Labute approximate surface area is 183 Å². The first-order valence-corrected chi connectivity index (χ1v) is 10.6. The molecule has 30 heavy (non-hydrogen) atoms. The first kappa shape index (κ1) is 20.5. The minimum atomic E-state index is -0.262. The number of benzene rings is 2. The van der Waals surface area contributed by atoms with Gasteiger partial charge in [0, 0.05) is 35.9 Å². The van der Waals surface area contributed by atoms with E-state index < -0.39 is 0 Å². The fourth-order valence-electron chi connectivity index (χ4n) is 3.40. The van der Waals surface area contributed by atoms with Crippen molar-refractivity contribution in [3.8, 4) is 5.69 Å². The first-order chi connectivity index (χ1) is 14.6. The summed E-state index contributed by atoms with van der Waals surface area (Å²) in [4.78, 5) is 14.4. The molecule has 0 fully saturated rings. The second kappa shape index (κ2) is 9.36. The van der Waals surface area contributed by atoms with Crippen LogP contribution in [0.15, 0.2) is 71.5 Å². The number of halogens is 2. The average molecular weight is 469 g/mol. The maximum Gasteiger partial charge on any atom is 0.234 e. The summed E-state index contributed by atoms with van der Waals surface area (Å²) in [6, 6.07) is 14.2. The molecule has 2 aromatic carbocycles. The maximum atomic E-state index is 13.1. The van der Waals surface area contributed by atoms with Gasteiger partial charge in [0.25, 0.3) is 0 Å². The molecule has 3 aromatic rings. The molecule has 5 nitrogen and oxygen atoms in total. The second-order valence-corrected chi connectivity index (χ2v) is 8.18. The number of nitrogens with zero attached hydrogens (tertiary/aromatic N) is 3. The standard InChI is InChI=1S/C23H22BrFN4O/c24-20-3-1-17(2-4-20)13-26-23(30)16-28-11-9-18(10-12-28)19-14-27-29(15-19)22-7-5-21(25)6-8-22/h1-9,14-15H,10-13,16H2,(H,26,30). The second-order valence-electron chi connectivity index (χ2n) is 7.27. The molecule has 0 unspecified atom stereocenters. The number of carbonyl (C=O) groups is 1. The summed E-state index contributed by atoms with van der Waals surface area (Å²) in [5.41, 5.74) is 4.17. The van der Waals surface area contributed by atoms with Crippen molar-refractivity contribution in [3.63, 3.8) is 0 Å². The SMILES string of the molecule is O=C(CN1CC=C(c2cnn(-c3ccc(F)cc3)c2)CC1)NCc1ccc(Br)cc1.